The summed E-state index contributed by atoms with van der Waals surface area (Å²) in [6.07, 6.45) is 5.69. The molecule has 0 radical (unpaired) electrons. The molecule has 1 fully saturated rings. The molecule has 0 aliphatic heterocycles. The van der Waals surface area contributed by atoms with Gasteiger partial charge in [0.2, 0.25) is 11.8 Å². The van der Waals surface area contributed by atoms with Gasteiger partial charge in [0.15, 0.2) is 0 Å². The van der Waals surface area contributed by atoms with Gasteiger partial charge in [-0.05, 0) is 44.9 Å². The van der Waals surface area contributed by atoms with Gasteiger partial charge >= 0.3 is 0 Å². The van der Waals surface area contributed by atoms with E-state index in [0.717, 1.165) is 42.7 Å². The summed E-state index contributed by atoms with van der Waals surface area (Å²) in [5.74, 6) is 2.87. The van der Waals surface area contributed by atoms with Crippen LogP contribution in [0.4, 0.5) is 5.95 Å². The molecule has 2 unspecified atom stereocenters. The second-order valence-electron chi connectivity index (χ2n) is 5.87. The average molecular weight is 263 g/mol. The fourth-order valence-corrected chi connectivity index (χ4v) is 2.92. The number of rotatable bonds is 4. The minimum Gasteiger partial charge on any atom is -0.474 e. The van der Waals surface area contributed by atoms with Crippen molar-refractivity contribution >= 4 is 5.95 Å². The summed E-state index contributed by atoms with van der Waals surface area (Å²) in [6, 6.07) is 0. The van der Waals surface area contributed by atoms with Crippen LogP contribution >= 0.6 is 0 Å². The van der Waals surface area contributed by atoms with E-state index in [9.17, 15) is 0 Å². The molecule has 1 aliphatic carbocycles. The van der Waals surface area contributed by atoms with E-state index >= 15 is 0 Å². The zero-order valence-corrected chi connectivity index (χ0v) is 12.4. The van der Waals surface area contributed by atoms with Crippen LogP contribution in [0.2, 0.25) is 0 Å². The first-order valence-electron chi connectivity index (χ1n) is 7.32. The Morgan fingerprint density at radius 1 is 1.26 bits per heavy atom. The van der Waals surface area contributed by atoms with E-state index in [-0.39, 0.29) is 0 Å². The van der Waals surface area contributed by atoms with Gasteiger partial charge in [0, 0.05) is 18.3 Å². The molecule has 0 amide bonds. The van der Waals surface area contributed by atoms with Gasteiger partial charge in [-0.3, -0.25) is 0 Å². The number of aryl methyl sites for hydroxylation is 1. The smallest absolute Gasteiger partial charge is 0.225 e. The Kier molecular flexibility index (Phi) is 4.61. The molecule has 2 atom stereocenters. The van der Waals surface area contributed by atoms with Gasteiger partial charge in [-0.1, -0.05) is 13.8 Å². The summed E-state index contributed by atoms with van der Waals surface area (Å²) < 4.78 is 6.12. The molecule has 1 aromatic heterocycles. The Labute approximate surface area is 116 Å². The van der Waals surface area contributed by atoms with Crippen LogP contribution in [0.25, 0.3) is 0 Å². The van der Waals surface area contributed by atoms with Crippen molar-refractivity contribution < 1.29 is 4.74 Å². The average Bonchev–Trinajstić information content (AvgIpc) is 2.32. The van der Waals surface area contributed by atoms with Crippen molar-refractivity contribution in [2.45, 2.75) is 53.1 Å². The van der Waals surface area contributed by atoms with Crippen LogP contribution in [-0.4, -0.2) is 22.6 Å². The van der Waals surface area contributed by atoms with E-state index in [1.807, 2.05) is 20.0 Å². The van der Waals surface area contributed by atoms with E-state index < -0.39 is 0 Å². The Balaban J connectivity index is 2.07. The van der Waals surface area contributed by atoms with Gasteiger partial charge in [-0.25, -0.2) is 4.98 Å². The third-order valence-corrected chi connectivity index (χ3v) is 3.67. The van der Waals surface area contributed by atoms with Gasteiger partial charge in [0.05, 0.1) is 0 Å². The van der Waals surface area contributed by atoms with Gasteiger partial charge < -0.3 is 10.1 Å². The molecule has 1 saturated carbocycles. The lowest BCUT2D eigenvalue weighted by Gasteiger charge is -2.31. The van der Waals surface area contributed by atoms with Crippen molar-refractivity contribution in [1.82, 2.24) is 9.97 Å². The Bertz CT molecular complexity index is 412. The number of hydrogen-bond donors (Lipinski definition) is 1. The molecule has 1 heterocycles. The molecule has 1 aromatic rings. The second kappa shape index (κ2) is 6.22. The minimum atomic E-state index is 0.293. The summed E-state index contributed by atoms with van der Waals surface area (Å²) in [7, 11) is 0. The van der Waals surface area contributed by atoms with Gasteiger partial charge in [-0.15, -0.1) is 0 Å². The summed E-state index contributed by atoms with van der Waals surface area (Å²) in [5.41, 5.74) is 1.01. The Morgan fingerprint density at radius 3 is 2.58 bits per heavy atom. The topological polar surface area (TPSA) is 47.0 Å². The summed E-state index contributed by atoms with van der Waals surface area (Å²) >= 11 is 0. The monoisotopic (exact) mass is 263 g/mol. The first-order valence-corrected chi connectivity index (χ1v) is 7.32. The molecule has 4 heteroatoms. The quantitative estimate of drug-likeness (QED) is 0.904. The third kappa shape index (κ3) is 3.82. The van der Waals surface area contributed by atoms with E-state index in [1.54, 1.807) is 0 Å². The van der Waals surface area contributed by atoms with Crippen molar-refractivity contribution in [2.24, 2.45) is 11.8 Å². The zero-order valence-electron chi connectivity index (χ0n) is 12.4. The van der Waals surface area contributed by atoms with Crippen LogP contribution in [0.3, 0.4) is 0 Å². The fourth-order valence-electron chi connectivity index (χ4n) is 2.92. The van der Waals surface area contributed by atoms with Crippen molar-refractivity contribution in [1.29, 1.82) is 0 Å². The number of nitrogens with one attached hydrogen (secondary N) is 1. The van der Waals surface area contributed by atoms with Crippen molar-refractivity contribution in [3.8, 4) is 5.88 Å². The number of anilines is 1. The van der Waals surface area contributed by atoms with Crippen LogP contribution in [0.5, 0.6) is 5.88 Å². The lowest BCUT2D eigenvalue weighted by Crippen LogP contribution is -2.29. The van der Waals surface area contributed by atoms with Gasteiger partial charge in [-0.2, -0.15) is 4.98 Å². The van der Waals surface area contributed by atoms with E-state index in [1.165, 1.54) is 6.42 Å². The molecule has 0 aromatic carbocycles. The summed E-state index contributed by atoms with van der Waals surface area (Å²) in [6.45, 7) is 9.47. The second-order valence-corrected chi connectivity index (χ2v) is 5.87. The van der Waals surface area contributed by atoms with Gasteiger partial charge in [0.1, 0.15) is 6.10 Å². The third-order valence-electron chi connectivity index (χ3n) is 3.67. The highest BCUT2D eigenvalue weighted by molar-refractivity contribution is 5.32. The van der Waals surface area contributed by atoms with E-state index in [2.05, 4.69) is 29.1 Å². The standard InChI is InChI=1S/C15H25N3O/c1-5-16-15-17-9-12(4)14(18-15)19-13-7-10(2)6-11(3)8-13/h9-11,13H,5-8H2,1-4H3,(H,16,17,18). The molecule has 19 heavy (non-hydrogen) atoms. The number of hydrogen-bond acceptors (Lipinski definition) is 4. The highest BCUT2D eigenvalue weighted by Crippen LogP contribution is 2.31. The predicted octanol–water partition coefficient (Wildman–Crippen LogP) is 3.42. The number of nitrogens with zero attached hydrogens (tertiary/aromatic N) is 2. The summed E-state index contributed by atoms with van der Waals surface area (Å²) in [4.78, 5) is 8.71. The maximum absolute atomic E-state index is 6.12. The molecule has 1 N–H and O–H groups in total. The van der Waals surface area contributed by atoms with Crippen LogP contribution < -0.4 is 10.1 Å². The molecule has 4 nitrogen and oxygen atoms in total. The largest absolute Gasteiger partial charge is 0.474 e. The number of aromatic nitrogens is 2. The van der Waals surface area contributed by atoms with E-state index in [4.69, 9.17) is 4.74 Å². The molecule has 0 saturated heterocycles. The normalized spacial score (nSPS) is 27.1. The minimum absolute atomic E-state index is 0.293. The first-order chi connectivity index (χ1) is 9.08. The van der Waals surface area contributed by atoms with Crippen molar-refractivity contribution in [3.63, 3.8) is 0 Å². The van der Waals surface area contributed by atoms with Crippen molar-refractivity contribution in [3.05, 3.63) is 11.8 Å². The SMILES string of the molecule is CCNc1ncc(C)c(OC2CC(C)CC(C)C2)n1. The van der Waals surface area contributed by atoms with Crippen LogP contribution in [-0.2, 0) is 0 Å². The molecule has 0 spiro atoms. The highest BCUT2D eigenvalue weighted by atomic mass is 16.5. The Morgan fingerprint density at radius 2 is 1.95 bits per heavy atom. The first kappa shape index (κ1) is 14.1. The molecule has 0 bridgehead atoms. The maximum Gasteiger partial charge on any atom is 0.225 e. The zero-order chi connectivity index (χ0) is 13.8. The predicted molar refractivity (Wildman–Crippen MR) is 77.5 cm³/mol. The molecule has 1 aliphatic rings. The Hall–Kier alpha value is -1.32. The van der Waals surface area contributed by atoms with Crippen LogP contribution in [0.1, 0.15) is 45.6 Å². The highest BCUT2D eigenvalue weighted by Gasteiger charge is 2.26. The lowest BCUT2D eigenvalue weighted by molar-refractivity contribution is 0.0960. The van der Waals surface area contributed by atoms with Crippen LogP contribution in [0, 0.1) is 18.8 Å². The molecule has 106 valence electrons. The fraction of sp³-hybridized carbons (Fsp3) is 0.733. The number of ether oxygens (including phenoxy) is 1. The van der Waals surface area contributed by atoms with Gasteiger partial charge in [0.25, 0.3) is 0 Å². The van der Waals surface area contributed by atoms with Crippen molar-refractivity contribution in [2.75, 3.05) is 11.9 Å². The summed E-state index contributed by atoms with van der Waals surface area (Å²) in [5, 5.41) is 3.13. The van der Waals surface area contributed by atoms with E-state index in [0.29, 0.717) is 12.1 Å². The lowest BCUT2D eigenvalue weighted by atomic mass is 9.82. The molecular formula is C15H25N3O. The maximum atomic E-state index is 6.12. The van der Waals surface area contributed by atoms with Crippen LogP contribution in [0.15, 0.2) is 6.20 Å². The molecule has 2 rings (SSSR count). The molecular weight excluding hydrogens is 238 g/mol.